The fraction of sp³-hybridized carbons (Fsp3) is 0.200. The number of fused-ring (bicyclic) bond motifs is 1. The fourth-order valence-electron chi connectivity index (χ4n) is 4.44. The van der Waals surface area contributed by atoms with Gasteiger partial charge < -0.3 is 15.4 Å². The van der Waals surface area contributed by atoms with E-state index < -0.39 is 6.04 Å². The number of aryl methyl sites for hydroxylation is 1. The number of Topliss-reactive ketones (excluding diaryl/α,β-unsaturated/α-hetero) is 1. The summed E-state index contributed by atoms with van der Waals surface area (Å²) in [5, 5.41) is 11.4. The molecule has 3 aromatic carbocycles. The molecule has 0 spiro atoms. The Bertz CT molecular complexity index is 1530. The van der Waals surface area contributed by atoms with Crippen LogP contribution in [-0.2, 0) is 4.79 Å². The standard InChI is InChI=1S/C30H29N5O3S/c1-4-38-25-13-9-8-12-23(25)27-26(28(37)32-22-10-6-5-7-11-22)20(3)31-29-33-30(34-35(27)29)39-18-24(36)21-16-14-19(2)15-17-21/h5-17,27H,4,18H2,1-3H3,(H,32,37)(H,31,33,34)/t27-/m0/s1. The number of nitrogens with one attached hydrogen (secondary N) is 2. The number of hydrogen-bond donors (Lipinski definition) is 2. The van der Waals surface area contributed by atoms with Crippen molar-refractivity contribution >= 4 is 35.1 Å². The summed E-state index contributed by atoms with van der Waals surface area (Å²) in [6.45, 7) is 6.23. The van der Waals surface area contributed by atoms with Gasteiger partial charge in [-0.15, -0.1) is 5.10 Å². The average Bonchev–Trinajstić information content (AvgIpc) is 3.35. The molecule has 0 saturated heterocycles. The lowest BCUT2D eigenvalue weighted by molar-refractivity contribution is -0.113. The van der Waals surface area contributed by atoms with E-state index in [-0.39, 0.29) is 17.4 Å². The number of rotatable bonds is 9. The van der Waals surface area contributed by atoms with E-state index in [1.165, 1.54) is 11.8 Å². The van der Waals surface area contributed by atoms with Crippen molar-refractivity contribution < 1.29 is 14.3 Å². The summed E-state index contributed by atoms with van der Waals surface area (Å²) in [5.74, 6) is 1.09. The van der Waals surface area contributed by atoms with Gasteiger partial charge in [-0.3, -0.25) is 9.59 Å². The normalized spacial score (nSPS) is 14.4. The molecule has 2 N–H and O–H groups in total. The first-order valence-electron chi connectivity index (χ1n) is 12.7. The second kappa shape index (κ2) is 11.6. The number of amides is 1. The molecule has 2 heterocycles. The molecule has 0 saturated carbocycles. The highest BCUT2D eigenvalue weighted by Gasteiger charge is 2.36. The summed E-state index contributed by atoms with van der Waals surface area (Å²) in [4.78, 5) is 31.1. The number of anilines is 2. The molecule has 1 atom stereocenters. The number of benzene rings is 3. The quantitative estimate of drug-likeness (QED) is 0.202. The van der Waals surface area contributed by atoms with Crippen molar-refractivity contribution in [2.24, 2.45) is 0 Å². The lowest BCUT2D eigenvalue weighted by Crippen LogP contribution is -2.31. The SMILES string of the molecule is CCOc1ccccc1[C@H]1C(C(=O)Nc2ccccc2)=C(C)Nc2nc(SCC(=O)c3ccc(C)cc3)nn21. The van der Waals surface area contributed by atoms with Crippen molar-refractivity contribution in [3.63, 3.8) is 0 Å². The Balaban J connectivity index is 1.48. The number of thioether (sulfide) groups is 1. The predicted molar refractivity (Wildman–Crippen MR) is 153 cm³/mol. The van der Waals surface area contributed by atoms with E-state index in [0.717, 1.165) is 11.1 Å². The molecule has 5 rings (SSSR count). The smallest absolute Gasteiger partial charge is 0.255 e. The van der Waals surface area contributed by atoms with Gasteiger partial charge >= 0.3 is 0 Å². The monoisotopic (exact) mass is 539 g/mol. The minimum atomic E-state index is -0.595. The number of carbonyl (C=O) groups is 2. The van der Waals surface area contributed by atoms with Crippen molar-refractivity contribution in [1.82, 2.24) is 14.8 Å². The van der Waals surface area contributed by atoms with Gasteiger partial charge in [0.05, 0.1) is 17.9 Å². The number of carbonyl (C=O) groups excluding carboxylic acids is 2. The summed E-state index contributed by atoms with van der Waals surface area (Å²) >= 11 is 1.26. The molecule has 1 amide bonds. The topological polar surface area (TPSA) is 98.1 Å². The zero-order valence-electron chi connectivity index (χ0n) is 22.0. The highest BCUT2D eigenvalue weighted by molar-refractivity contribution is 7.99. The molecule has 0 unspecified atom stereocenters. The number of allylic oxidation sites excluding steroid dienone is 1. The molecule has 4 aromatic rings. The third kappa shape index (κ3) is 5.73. The summed E-state index contributed by atoms with van der Waals surface area (Å²) in [6, 6.07) is 23.9. The van der Waals surface area contributed by atoms with Crippen LogP contribution < -0.4 is 15.4 Å². The zero-order valence-corrected chi connectivity index (χ0v) is 22.8. The Morgan fingerprint density at radius 1 is 1.00 bits per heavy atom. The largest absolute Gasteiger partial charge is 0.494 e. The first-order valence-corrected chi connectivity index (χ1v) is 13.7. The summed E-state index contributed by atoms with van der Waals surface area (Å²) in [7, 11) is 0. The molecular weight excluding hydrogens is 510 g/mol. The predicted octanol–water partition coefficient (Wildman–Crippen LogP) is 5.89. The van der Waals surface area contributed by atoms with E-state index in [0.29, 0.717) is 46.0 Å². The number of ketones is 1. The Morgan fingerprint density at radius 3 is 2.46 bits per heavy atom. The van der Waals surface area contributed by atoms with Gasteiger partial charge in [-0.1, -0.05) is 78.0 Å². The lowest BCUT2D eigenvalue weighted by atomic mass is 9.94. The summed E-state index contributed by atoms with van der Waals surface area (Å²) in [6.07, 6.45) is 0. The van der Waals surface area contributed by atoms with Crippen LogP contribution in [0.2, 0.25) is 0 Å². The van der Waals surface area contributed by atoms with Crippen LogP contribution in [0.25, 0.3) is 0 Å². The number of aromatic nitrogens is 3. The molecule has 1 aliphatic rings. The molecule has 198 valence electrons. The average molecular weight is 540 g/mol. The molecule has 39 heavy (non-hydrogen) atoms. The van der Waals surface area contributed by atoms with Crippen molar-refractivity contribution in [3.8, 4) is 5.75 Å². The Morgan fingerprint density at radius 2 is 1.72 bits per heavy atom. The van der Waals surface area contributed by atoms with Gasteiger partial charge in [-0.25, -0.2) is 4.68 Å². The van der Waals surface area contributed by atoms with Crippen LogP contribution in [0.4, 0.5) is 11.6 Å². The van der Waals surface area contributed by atoms with E-state index in [1.807, 2.05) is 99.6 Å². The third-order valence-electron chi connectivity index (χ3n) is 6.33. The van der Waals surface area contributed by atoms with E-state index >= 15 is 0 Å². The molecule has 0 bridgehead atoms. The Labute approximate surface area is 231 Å². The van der Waals surface area contributed by atoms with E-state index in [9.17, 15) is 9.59 Å². The van der Waals surface area contributed by atoms with Gasteiger partial charge in [-0.05, 0) is 39.0 Å². The van der Waals surface area contributed by atoms with Crippen molar-refractivity contribution in [3.05, 3.63) is 107 Å². The Hall–Kier alpha value is -4.37. The van der Waals surface area contributed by atoms with Crippen LogP contribution in [0.1, 0.15) is 41.4 Å². The highest BCUT2D eigenvalue weighted by atomic mass is 32.2. The van der Waals surface area contributed by atoms with Gasteiger partial charge in [0.25, 0.3) is 5.91 Å². The van der Waals surface area contributed by atoms with Crippen LogP contribution >= 0.6 is 11.8 Å². The molecule has 1 aromatic heterocycles. The third-order valence-corrected chi connectivity index (χ3v) is 7.17. The number of nitrogens with zero attached hydrogens (tertiary/aromatic N) is 3. The second-order valence-electron chi connectivity index (χ2n) is 9.10. The van der Waals surface area contributed by atoms with Crippen LogP contribution in [0.15, 0.2) is 95.3 Å². The molecule has 0 aliphatic carbocycles. The molecule has 8 nitrogen and oxygen atoms in total. The fourth-order valence-corrected chi connectivity index (χ4v) is 5.16. The minimum absolute atomic E-state index is 0.00351. The lowest BCUT2D eigenvalue weighted by Gasteiger charge is -2.29. The molecular formula is C30H29N5O3S. The molecule has 0 fully saturated rings. The van der Waals surface area contributed by atoms with Gasteiger partial charge in [0.1, 0.15) is 11.8 Å². The van der Waals surface area contributed by atoms with Gasteiger partial charge in [-0.2, -0.15) is 4.98 Å². The van der Waals surface area contributed by atoms with Crippen molar-refractivity contribution in [2.45, 2.75) is 32.0 Å². The van der Waals surface area contributed by atoms with Gasteiger partial charge in [0, 0.05) is 22.5 Å². The maximum absolute atomic E-state index is 13.7. The molecule has 9 heteroatoms. The summed E-state index contributed by atoms with van der Waals surface area (Å²) in [5.41, 5.74) is 4.38. The van der Waals surface area contributed by atoms with Gasteiger partial charge in [0.15, 0.2) is 5.78 Å². The number of hydrogen-bond acceptors (Lipinski definition) is 7. The Kier molecular flexibility index (Phi) is 7.79. The first kappa shape index (κ1) is 26.2. The number of para-hydroxylation sites is 2. The van der Waals surface area contributed by atoms with Crippen LogP contribution in [-0.4, -0.2) is 38.8 Å². The van der Waals surface area contributed by atoms with E-state index in [4.69, 9.17) is 9.84 Å². The van der Waals surface area contributed by atoms with Crippen molar-refractivity contribution in [1.29, 1.82) is 0 Å². The van der Waals surface area contributed by atoms with E-state index in [1.54, 1.807) is 4.68 Å². The van der Waals surface area contributed by atoms with Crippen LogP contribution in [0, 0.1) is 6.92 Å². The zero-order chi connectivity index (χ0) is 27.4. The molecule has 1 aliphatic heterocycles. The van der Waals surface area contributed by atoms with Gasteiger partial charge in [0.2, 0.25) is 11.1 Å². The highest BCUT2D eigenvalue weighted by Crippen LogP contribution is 2.40. The van der Waals surface area contributed by atoms with Crippen LogP contribution in [0.3, 0.4) is 0 Å². The van der Waals surface area contributed by atoms with E-state index in [2.05, 4.69) is 15.6 Å². The van der Waals surface area contributed by atoms with Crippen molar-refractivity contribution in [2.75, 3.05) is 23.0 Å². The minimum Gasteiger partial charge on any atom is -0.494 e. The second-order valence-corrected chi connectivity index (χ2v) is 10.0. The summed E-state index contributed by atoms with van der Waals surface area (Å²) < 4.78 is 7.64. The maximum Gasteiger partial charge on any atom is 0.255 e. The molecule has 0 radical (unpaired) electrons. The first-order chi connectivity index (χ1) is 18.9. The number of ether oxygens (including phenoxy) is 1. The maximum atomic E-state index is 13.7. The van der Waals surface area contributed by atoms with Crippen LogP contribution in [0.5, 0.6) is 5.75 Å².